The van der Waals surface area contributed by atoms with Crippen LogP contribution in [-0.2, 0) is 13.1 Å². The molecule has 1 fully saturated rings. The Balaban J connectivity index is 2.14. The summed E-state index contributed by atoms with van der Waals surface area (Å²) in [4.78, 5) is 7.01. The van der Waals surface area contributed by atoms with E-state index in [1.54, 1.807) is 6.33 Å². The van der Waals surface area contributed by atoms with Crippen LogP contribution in [0.4, 0.5) is 0 Å². The number of rotatable bonds is 5. The second-order valence-corrected chi connectivity index (χ2v) is 5.95. The van der Waals surface area contributed by atoms with Crippen LogP contribution in [0.5, 0.6) is 0 Å². The van der Waals surface area contributed by atoms with Gasteiger partial charge in [-0.25, -0.2) is 9.67 Å². The molecule has 1 aromatic rings. The highest BCUT2D eigenvalue weighted by molar-refractivity contribution is 4.95. The fourth-order valence-corrected chi connectivity index (χ4v) is 3.12. The van der Waals surface area contributed by atoms with E-state index in [1.807, 2.05) is 4.68 Å². The number of hydrogen-bond donors (Lipinski definition) is 1. The standard InChI is InChI=1S/C15H29N5/c1-5-15(6-2)11-19(13(4)8-9-17-15)10-14-16-12-18-20(14)7-3/h12-13,17H,5-11H2,1-4H3. The van der Waals surface area contributed by atoms with Crippen molar-refractivity contribution < 1.29 is 0 Å². The van der Waals surface area contributed by atoms with E-state index in [1.165, 1.54) is 19.3 Å². The molecule has 1 unspecified atom stereocenters. The minimum absolute atomic E-state index is 0.252. The van der Waals surface area contributed by atoms with Gasteiger partial charge in [-0.15, -0.1) is 0 Å². The van der Waals surface area contributed by atoms with Gasteiger partial charge in [0.15, 0.2) is 0 Å². The van der Waals surface area contributed by atoms with Crippen LogP contribution >= 0.6 is 0 Å². The SMILES string of the molecule is CCn1ncnc1CN1CC(CC)(CC)NCCC1C. The third-order valence-electron chi connectivity index (χ3n) is 4.88. The van der Waals surface area contributed by atoms with E-state index in [0.29, 0.717) is 6.04 Å². The highest BCUT2D eigenvalue weighted by Gasteiger charge is 2.33. The van der Waals surface area contributed by atoms with E-state index in [9.17, 15) is 0 Å². The predicted molar refractivity (Wildman–Crippen MR) is 81.5 cm³/mol. The Kier molecular flexibility index (Phi) is 5.16. The molecule has 0 bridgehead atoms. The van der Waals surface area contributed by atoms with Gasteiger partial charge in [0, 0.05) is 24.7 Å². The second kappa shape index (κ2) is 6.68. The van der Waals surface area contributed by atoms with Crippen LogP contribution in [0.1, 0.15) is 52.8 Å². The Bertz CT molecular complexity index is 410. The summed E-state index contributed by atoms with van der Waals surface area (Å²) in [6.07, 6.45) is 5.22. The Labute approximate surface area is 122 Å². The number of nitrogens with one attached hydrogen (secondary N) is 1. The zero-order chi connectivity index (χ0) is 14.6. The van der Waals surface area contributed by atoms with Crippen LogP contribution in [0.3, 0.4) is 0 Å². The zero-order valence-corrected chi connectivity index (χ0v) is 13.4. The summed E-state index contributed by atoms with van der Waals surface area (Å²) in [6, 6.07) is 0.587. The number of hydrogen-bond acceptors (Lipinski definition) is 4. The monoisotopic (exact) mass is 279 g/mol. The highest BCUT2D eigenvalue weighted by Crippen LogP contribution is 2.23. The van der Waals surface area contributed by atoms with Crippen molar-refractivity contribution in [2.45, 2.75) is 71.6 Å². The Morgan fingerprint density at radius 1 is 1.35 bits per heavy atom. The zero-order valence-electron chi connectivity index (χ0n) is 13.4. The van der Waals surface area contributed by atoms with Gasteiger partial charge in [0.05, 0.1) is 6.54 Å². The Hall–Kier alpha value is -0.940. The van der Waals surface area contributed by atoms with Crippen LogP contribution in [0.25, 0.3) is 0 Å². The lowest BCUT2D eigenvalue weighted by Crippen LogP contribution is -2.51. The maximum absolute atomic E-state index is 4.44. The Morgan fingerprint density at radius 3 is 2.75 bits per heavy atom. The van der Waals surface area contributed by atoms with Crippen molar-refractivity contribution in [1.29, 1.82) is 0 Å². The number of nitrogens with zero attached hydrogens (tertiary/aromatic N) is 4. The van der Waals surface area contributed by atoms with Gasteiger partial charge in [-0.2, -0.15) is 5.10 Å². The molecule has 1 aromatic heterocycles. The van der Waals surface area contributed by atoms with E-state index < -0.39 is 0 Å². The lowest BCUT2D eigenvalue weighted by molar-refractivity contribution is 0.147. The lowest BCUT2D eigenvalue weighted by Gasteiger charge is -2.36. The van der Waals surface area contributed by atoms with Crippen molar-refractivity contribution in [3.05, 3.63) is 12.2 Å². The summed E-state index contributed by atoms with van der Waals surface area (Å²) < 4.78 is 2.00. The molecule has 0 amide bonds. The maximum Gasteiger partial charge on any atom is 0.141 e. The predicted octanol–water partition coefficient (Wildman–Crippen LogP) is 2.04. The van der Waals surface area contributed by atoms with E-state index in [-0.39, 0.29) is 5.54 Å². The van der Waals surface area contributed by atoms with Crippen molar-refractivity contribution in [1.82, 2.24) is 25.0 Å². The van der Waals surface area contributed by atoms with E-state index in [4.69, 9.17) is 0 Å². The first-order valence-corrected chi connectivity index (χ1v) is 8.00. The van der Waals surface area contributed by atoms with E-state index in [2.05, 4.69) is 48.0 Å². The molecule has 20 heavy (non-hydrogen) atoms. The van der Waals surface area contributed by atoms with Crippen molar-refractivity contribution in [3.8, 4) is 0 Å². The number of aryl methyl sites for hydroxylation is 1. The van der Waals surface area contributed by atoms with Crippen LogP contribution < -0.4 is 5.32 Å². The van der Waals surface area contributed by atoms with Gasteiger partial charge in [0.2, 0.25) is 0 Å². The minimum Gasteiger partial charge on any atom is -0.310 e. The van der Waals surface area contributed by atoms with Crippen LogP contribution in [0, 0.1) is 0 Å². The van der Waals surface area contributed by atoms with Gasteiger partial charge in [-0.05, 0) is 39.7 Å². The molecule has 1 atom stereocenters. The summed E-state index contributed by atoms with van der Waals surface area (Å²) in [5.74, 6) is 1.09. The molecular weight excluding hydrogens is 250 g/mol. The van der Waals surface area contributed by atoms with Crippen molar-refractivity contribution in [2.75, 3.05) is 13.1 Å². The molecule has 1 saturated heterocycles. The largest absolute Gasteiger partial charge is 0.310 e. The normalized spacial score (nSPS) is 23.7. The Morgan fingerprint density at radius 2 is 2.10 bits per heavy atom. The average Bonchev–Trinajstić information content (AvgIpc) is 2.85. The van der Waals surface area contributed by atoms with Gasteiger partial charge in [-0.1, -0.05) is 13.8 Å². The van der Waals surface area contributed by atoms with Crippen molar-refractivity contribution in [3.63, 3.8) is 0 Å². The van der Waals surface area contributed by atoms with Gasteiger partial charge >= 0.3 is 0 Å². The quantitative estimate of drug-likeness (QED) is 0.896. The lowest BCUT2D eigenvalue weighted by atomic mass is 9.92. The van der Waals surface area contributed by atoms with Crippen LogP contribution in [-0.4, -0.2) is 44.3 Å². The fraction of sp³-hybridized carbons (Fsp3) is 0.867. The molecule has 114 valence electrons. The molecule has 1 aliphatic heterocycles. The first kappa shape index (κ1) is 15.4. The van der Waals surface area contributed by atoms with Crippen LogP contribution in [0.15, 0.2) is 6.33 Å². The molecule has 0 saturated carbocycles. The first-order chi connectivity index (χ1) is 9.64. The molecule has 0 spiro atoms. The van der Waals surface area contributed by atoms with Crippen LogP contribution in [0.2, 0.25) is 0 Å². The van der Waals surface area contributed by atoms with E-state index >= 15 is 0 Å². The molecule has 1 aliphatic rings. The fourth-order valence-electron chi connectivity index (χ4n) is 3.12. The molecule has 2 heterocycles. The topological polar surface area (TPSA) is 46.0 Å². The van der Waals surface area contributed by atoms with Gasteiger partial charge in [0.1, 0.15) is 12.2 Å². The summed E-state index contributed by atoms with van der Waals surface area (Å²) in [5, 5.41) is 8.07. The molecule has 0 radical (unpaired) electrons. The molecule has 5 heteroatoms. The smallest absolute Gasteiger partial charge is 0.141 e. The third kappa shape index (κ3) is 3.20. The van der Waals surface area contributed by atoms with E-state index in [0.717, 1.165) is 32.0 Å². The highest BCUT2D eigenvalue weighted by atomic mass is 15.4. The third-order valence-corrected chi connectivity index (χ3v) is 4.88. The van der Waals surface area contributed by atoms with Gasteiger partial charge in [0.25, 0.3) is 0 Å². The summed E-state index contributed by atoms with van der Waals surface area (Å²) in [7, 11) is 0. The molecule has 0 aromatic carbocycles. The summed E-state index contributed by atoms with van der Waals surface area (Å²) in [5.41, 5.74) is 0.252. The van der Waals surface area contributed by atoms with Gasteiger partial charge < -0.3 is 5.32 Å². The average molecular weight is 279 g/mol. The molecule has 5 nitrogen and oxygen atoms in total. The second-order valence-electron chi connectivity index (χ2n) is 5.95. The molecule has 2 rings (SSSR count). The first-order valence-electron chi connectivity index (χ1n) is 8.00. The van der Waals surface area contributed by atoms with Gasteiger partial charge in [-0.3, -0.25) is 4.90 Å². The minimum atomic E-state index is 0.252. The maximum atomic E-state index is 4.44. The van der Waals surface area contributed by atoms with Crippen molar-refractivity contribution >= 4 is 0 Å². The summed E-state index contributed by atoms with van der Waals surface area (Å²) in [6.45, 7) is 13.0. The van der Waals surface area contributed by atoms with Crippen molar-refractivity contribution in [2.24, 2.45) is 0 Å². The molecule has 1 N–H and O–H groups in total. The number of aromatic nitrogens is 3. The summed E-state index contributed by atoms with van der Waals surface area (Å²) >= 11 is 0. The molecular formula is C15H29N5. The molecule has 0 aliphatic carbocycles.